The van der Waals surface area contributed by atoms with Crippen molar-refractivity contribution < 1.29 is 18.7 Å². The molecule has 1 aromatic heterocycles. The molecule has 0 fully saturated rings. The first-order valence-corrected chi connectivity index (χ1v) is 9.35. The van der Waals surface area contributed by atoms with E-state index in [1.165, 1.54) is 13.0 Å². The molecule has 0 saturated carbocycles. The van der Waals surface area contributed by atoms with Crippen LogP contribution in [0, 0.1) is 13.8 Å². The third kappa shape index (κ3) is 4.90. The van der Waals surface area contributed by atoms with E-state index in [1.807, 2.05) is 56.3 Å². The van der Waals surface area contributed by atoms with Crippen LogP contribution in [0.5, 0.6) is 0 Å². The Morgan fingerprint density at radius 3 is 2.52 bits per heavy atom. The summed E-state index contributed by atoms with van der Waals surface area (Å²) in [6, 6.07) is 13.9. The number of carbonyl (C=O) groups is 2. The number of fused-ring (bicyclic) bond motifs is 1. The highest BCUT2D eigenvalue weighted by molar-refractivity contribution is 5.84. The largest absolute Gasteiger partial charge is 0.461 e. The van der Waals surface area contributed by atoms with Gasteiger partial charge in [0.25, 0.3) is 0 Å². The molecule has 3 aromatic rings. The van der Waals surface area contributed by atoms with E-state index in [1.54, 1.807) is 0 Å². The molecule has 29 heavy (non-hydrogen) atoms. The SMILES string of the molecule is CC(=O)NC(CC(=O)OCc1cc(=O)oc2c(C)c(C)ccc12)c1ccccc1. The highest BCUT2D eigenvalue weighted by atomic mass is 16.5. The summed E-state index contributed by atoms with van der Waals surface area (Å²) in [6.07, 6.45) is -0.0128. The Labute approximate surface area is 168 Å². The smallest absolute Gasteiger partial charge is 0.336 e. The van der Waals surface area contributed by atoms with Gasteiger partial charge in [0.05, 0.1) is 12.5 Å². The minimum atomic E-state index is -0.488. The maximum absolute atomic E-state index is 12.4. The van der Waals surface area contributed by atoms with Crippen molar-refractivity contribution in [2.75, 3.05) is 0 Å². The van der Waals surface area contributed by atoms with Gasteiger partial charge in [-0.15, -0.1) is 0 Å². The molecule has 2 aromatic carbocycles. The van der Waals surface area contributed by atoms with Crippen LogP contribution >= 0.6 is 0 Å². The molecule has 0 radical (unpaired) electrons. The molecule has 150 valence electrons. The number of hydrogen-bond donors (Lipinski definition) is 1. The van der Waals surface area contributed by atoms with Crippen LogP contribution in [-0.2, 0) is 20.9 Å². The van der Waals surface area contributed by atoms with Gasteiger partial charge < -0.3 is 14.5 Å². The summed E-state index contributed by atoms with van der Waals surface area (Å²) < 4.78 is 10.8. The molecule has 1 N–H and O–H groups in total. The third-order valence-corrected chi connectivity index (χ3v) is 4.86. The topological polar surface area (TPSA) is 85.6 Å². The Morgan fingerprint density at radius 1 is 1.10 bits per heavy atom. The van der Waals surface area contributed by atoms with Gasteiger partial charge in [0.1, 0.15) is 12.2 Å². The molecule has 0 saturated heterocycles. The van der Waals surface area contributed by atoms with Gasteiger partial charge in [-0.2, -0.15) is 0 Å². The molecule has 0 aliphatic rings. The molecule has 0 aliphatic carbocycles. The second kappa shape index (κ2) is 8.73. The van der Waals surface area contributed by atoms with Crippen LogP contribution < -0.4 is 10.9 Å². The molecule has 1 atom stereocenters. The van der Waals surface area contributed by atoms with E-state index in [0.29, 0.717) is 11.1 Å². The first-order chi connectivity index (χ1) is 13.8. The highest BCUT2D eigenvalue weighted by Crippen LogP contribution is 2.24. The van der Waals surface area contributed by atoms with Gasteiger partial charge in [-0.1, -0.05) is 42.5 Å². The zero-order valence-corrected chi connectivity index (χ0v) is 16.7. The van der Waals surface area contributed by atoms with E-state index in [-0.39, 0.29) is 18.9 Å². The van der Waals surface area contributed by atoms with Gasteiger partial charge >= 0.3 is 11.6 Å². The lowest BCUT2D eigenvalue weighted by atomic mass is 10.0. The Bertz CT molecular complexity index is 1100. The minimum Gasteiger partial charge on any atom is -0.461 e. The lowest BCUT2D eigenvalue weighted by Gasteiger charge is -2.18. The summed E-state index contributed by atoms with van der Waals surface area (Å²) in [5, 5.41) is 3.51. The molecular formula is C23H23NO5. The van der Waals surface area contributed by atoms with Gasteiger partial charge in [0.2, 0.25) is 5.91 Å². The van der Waals surface area contributed by atoms with Gasteiger partial charge in [-0.3, -0.25) is 9.59 Å². The summed E-state index contributed by atoms with van der Waals surface area (Å²) in [6.45, 7) is 5.17. The number of ether oxygens (including phenoxy) is 1. The lowest BCUT2D eigenvalue weighted by molar-refractivity contribution is -0.145. The molecule has 6 nitrogen and oxygen atoms in total. The van der Waals surface area contributed by atoms with Crippen LogP contribution in [0.4, 0.5) is 0 Å². The number of nitrogens with one attached hydrogen (secondary N) is 1. The molecular weight excluding hydrogens is 370 g/mol. The predicted octanol–water partition coefficient (Wildman–Crippen LogP) is 3.72. The summed E-state index contributed by atoms with van der Waals surface area (Å²) in [5.74, 6) is -0.706. The number of amides is 1. The number of rotatable bonds is 6. The van der Waals surface area contributed by atoms with Crippen molar-refractivity contribution in [3.8, 4) is 0 Å². The van der Waals surface area contributed by atoms with E-state index < -0.39 is 17.6 Å². The number of benzene rings is 2. The molecule has 1 unspecified atom stereocenters. The molecule has 6 heteroatoms. The maximum Gasteiger partial charge on any atom is 0.336 e. The van der Waals surface area contributed by atoms with Gasteiger partial charge in [-0.25, -0.2) is 4.79 Å². The quantitative estimate of drug-likeness (QED) is 0.510. The predicted molar refractivity (Wildman–Crippen MR) is 109 cm³/mol. The minimum absolute atomic E-state index is 0.0128. The Balaban J connectivity index is 1.77. The Kier molecular flexibility index (Phi) is 6.12. The van der Waals surface area contributed by atoms with Crippen LogP contribution in [0.2, 0.25) is 0 Å². The molecule has 1 amide bonds. The van der Waals surface area contributed by atoms with Crippen molar-refractivity contribution >= 4 is 22.8 Å². The van der Waals surface area contributed by atoms with Crippen LogP contribution in [-0.4, -0.2) is 11.9 Å². The van der Waals surface area contributed by atoms with Crippen molar-refractivity contribution in [1.82, 2.24) is 5.32 Å². The number of esters is 1. The van der Waals surface area contributed by atoms with E-state index >= 15 is 0 Å². The summed E-state index contributed by atoms with van der Waals surface area (Å²) in [5.41, 5.74) is 3.31. The van der Waals surface area contributed by atoms with E-state index in [4.69, 9.17) is 9.15 Å². The number of aryl methyl sites for hydroxylation is 2. The van der Waals surface area contributed by atoms with Crippen molar-refractivity contribution in [3.63, 3.8) is 0 Å². The number of hydrogen-bond acceptors (Lipinski definition) is 5. The molecule has 0 bridgehead atoms. The fourth-order valence-corrected chi connectivity index (χ4v) is 3.21. The zero-order chi connectivity index (χ0) is 21.0. The fourth-order valence-electron chi connectivity index (χ4n) is 3.21. The van der Waals surface area contributed by atoms with E-state index in [9.17, 15) is 14.4 Å². The van der Waals surface area contributed by atoms with Gasteiger partial charge in [0, 0.05) is 23.9 Å². The summed E-state index contributed by atoms with van der Waals surface area (Å²) in [4.78, 5) is 35.9. The van der Waals surface area contributed by atoms with Crippen molar-refractivity contribution in [2.45, 2.75) is 39.8 Å². The second-order valence-corrected chi connectivity index (χ2v) is 7.00. The molecule has 3 rings (SSSR count). The van der Waals surface area contributed by atoms with Crippen molar-refractivity contribution in [3.05, 3.63) is 81.2 Å². The van der Waals surface area contributed by atoms with E-state index in [2.05, 4.69) is 5.32 Å². The van der Waals surface area contributed by atoms with Crippen LogP contribution in [0.15, 0.2) is 57.7 Å². The third-order valence-electron chi connectivity index (χ3n) is 4.86. The first-order valence-electron chi connectivity index (χ1n) is 9.35. The molecule has 0 spiro atoms. The molecule has 1 heterocycles. The normalized spacial score (nSPS) is 11.8. The van der Waals surface area contributed by atoms with Crippen molar-refractivity contribution in [1.29, 1.82) is 0 Å². The standard InChI is InChI=1S/C23H23NO5/c1-14-9-10-19-18(11-22(27)29-23(19)15(14)2)13-28-21(26)12-20(24-16(3)25)17-7-5-4-6-8-17/h4-11,20H,12-13H2,1-3H3,(H,24,25). The molecule has 0 aliphatic heterocycles. The van der Waals surface area contributed by atoms with Crippen molar-refractivity contribution in [2.24, 2.45) is 0 Å². The average Bonchev–Trinajstić information content (AvgIpc) is 2.69. The van der Waals surface area contributed by atoms with Gasteiger partial charge in [-0.05, 0) is 30.5 Å². The van der Waals surface area contributed by atoms with Crippen LogP contribution in [0.1, 0.15) is 41.6 Å². The summed E-state index contributed by atoms with van der Waals surface area (Å²) >= 11 is 0. The average molecular weight is 393 g/mol. The Morgan fingerprint density at radius 2 is 1.83 bits per heavy atom. The fraction of sp³-hybridized carbons (Fsp3) is 0.261. The Hall–Kier alpha value is -3.41. The number of carbonyl (C=O) groups excluding carboxylic acids is 2. The monoisotopic (exact) mass is 393 g/mol. The van der Waals surface area contributed by atoms with Gasteiger partial charge in [0.15, 0.2) is 0 Å². The van der Waals surface area contributed by atoms with Crippen LogP contribution in [0.3, 0.4) is 0 Å². The highest BCUT2D eigenvalue weighted by Gasteiger charge is 2.19. The van der Waals surface area contributed by atoms with E-state index in [0.717, 1.165) is 22.1 Å². The first kappa shape index (κ1) is 20.3. The van der Waals surface area contributed by atoms with Crippen LogP contribution in [0.25, 0.3) is 11.0 Å². The lowest BCUT2D eigenvalue weighted by Crippen LogP contribution is -2.28. The summed E-state index contributed by atoms with van der Waals surface area (Å²) in [7, 11) is 0. The second-order valence-electron chi connectivity index (χ2n) is 7.00. The zero-order valence-electron chi connectivity index (χ0n) is 16.7. The maximum atomic E-state index is 12.4.